The van der Waals surface area contributed by atoms with Crippen molar-refractivity contribution in [1.82, 2.24) is 0 Å². The van der Waals surface area contributed by atoms with Crippen molar-refractivity contribution in [1.29, 1.82) is 0 Å². The zero-order valence-corrected chi connectivity index (χ0v) is 10.2. The lowest BCUT2D eigenvalue weighted by Gasteiger charge is -1.82. The molecule has 0 radical (unpaired) electrons. The van der Waals surface area contributed by atoms with Crippen LogP contribution in [0.15, 0.2) is 0 Å². The van der Waals surface area contributed by atoms with Crippen LogP contribution in [0.25, 0.3) is 0 Å². The van der Waals surface area contributed by atoms with E-state index in [1.54, 1.807) is 0 Å². The molecule has 0 rings (SSSR count). The van der Waals surface area contributed by atoms with Crippen molar-refractivity contribution in [2.24, 2.45) is 11.5 Å². The number of rotatable bonds is 0. The number of halogens is 2. The second-order valence-electron chi connectivity index (χ2n) is 0.971. The highest BCUT2D eigenvalue weighted by Gasteiger charge is 2.01. The molecule has 0 aliphatic heterocycles. The summed E-state index contributed by atoms with van der Waals surface area (Å²) in [6.45, 7) is 0. The smallest absolute Gasteiger partial charge is 0.311 e. The fourth-order valence-corrected chi connectivity index (χ4v) is 0.866. The molecule has 0 heterocycles. The van der Waals surface area contributed by atoms with E-state index in [9.17, 15) is 0 Å². The SMILES string of the molecule is NC(=[NH2+])SSC(N)=[NH2+].O.[Br-].[Br-]. The highest BCUT2D eigenvalue weighted by molar-refractivity contribution is 8.87. The molecular formula is C2H10Br2N4OS2. The Morgan fingerprint density at radius 2 is 1.09 bits per heavy atom. The Kier molecular flexibility index (Phi) is 27.0. The minimum Gasteiger partial charge on any atom is -1.00 e. The van der Waals surface area contributed by atoms with Gasteiger partial charge in [0, 0.05) is 21.6 Å². The van der Waals surface area contributed by atoms with Gasteiger partial charge >= 0.3 is 10.3 Å². The first-order valence-electron chi connectivity index (χ1n) is 1.73. The predicted molar refractivity (Wildman–Crippen MR) is 41.0 cm³/mol. The highest BCUT2D eigenvalue weighted by Crippen LogP contribution is 2.15. The summed E-state index contributed by atoms with van der Waals surface area (Å²) in [6, 6.07) is 0. The number of nitrogens with two attached hydrogens (primary N) is 4. The van der Waals surface area contributed by atoms with Gasteiger partial charge in [0.15, 0.2) is 0 Å². The third-order valence-electron chi connectivity index (χ3n) is 0.234. The minimum absolute atomic E-state index is 0. The lowest BCUT2D eigenvalue weighted by Crippen LogP contribution is -3.00. The molecule has 0 aliphatic rings. The van der Waals surface area contributed by atoms with Crippen LogP contribution in [0.2, 0.25) is 0 Å². The number of hydrogen-bond acceptors (Lipinski definition) is 2. The van der Waals surface area contributed by atoms with Crippen molar-refractivity contribution in [2.45, 2.75) is 0 Å². The van der Waals surface area contributed by atoms with Crippen LogP contribution in [0.3, 0.4) is 0 Å². The summed E-state index contributed by atoms with van der Waals surface area (Å²) < 4.78 is 0. The molecular weight excluding hydrogens is 320 g/mol. The zero-order valence-electron chi connectivity index (χ0n) is 5.38. The molecule has 0 aromatic rings. The van der Waals surface area contributed by atoms with Gasteiger partial charge < -0.3 is 39.4 Å². The molecule has 70 valence electrons. The summed E-state index contributed by atoms with van der Waals surface area (Å²) in [5.74, 6) is 0. The van der Waals surface area contributed by atoms with E-state index in [2.05, 4.69) is 0 Å². The van der Waals surface area contributed by atoms with Crippen LogP contribution in [-0.4, -0.2) is 15.8 Å². The maximum absolute atomic E-state index is 5.05. The fourth-order valence-electron chi connectivity index (χ4n) is 0.0962. The molecule has 0 aliphatic carbocycles. The average molecular weight is 330 g/mol. The molecule has 5 nitrogen and oxygen atoms in total. The minimum atomic E-state index is 0. The van der Waals surface area contributed by atoms with Crippen molar-refractivity contribution in [3.05, 3.63) is 0 Å². The third-order valence-corrected chi connectivity index (χ3v) is 2.11. The van der Waals surface area contributed by atoms with Gasteiger partial charge in [0.05, 0.1) is 0 Å². The Morgan fingerprint density at radius 1 is 0.909 bits per heavy atom. The number of hydrogen-bond donors (Lipinski definition) is 4. The Hall–Kier alpha value is 0.560. The van der Waals surface area contributed by atoms with Gasteiger partial charge in [-0.25, -0.2) is 0 Å². The van der Waals surface area contributed by atoms with Crippen LogP contribution < -0.4 is 56.2 Å². The van der Waals surface area contributed by atoms with Gasteiger partial charge in [-0.05, 0) is 0 Å². The molecule has 0 amide bonds. The van der Waals surface area contributed by atoms with E-state index in [1.165, 1.54) is 0 Å². The maximum Gasteiger partial charge on any atom is 0.311 e. The predicted octanol–water partition coefficient (Wildman–Crippen LogP) is -10.3. The summed E-state index contributed by atoms with van der Waals surface area (Å²) in [5.41, 5.74) is 10.1. The van der Waals surface area contributed by atoms with Gasteiger partial charge in [-0.3, -0.25) is 22.3 Å². The maximum atomic E-state index is 5.05. The zero-order chi connectivity index (χ0) is 6.57. The lowest BCUT2D eigenvalue weighted by molar-refractivity contribution is -0.111. The molecule has 0 saturated carbocycles. The Balaban J connectivity index is -0.0000000817. The molecule has 0 aromatic carbocycles. The van der Waals surface area contributed by atoms with Crippen molar-refractivity contribution >= 4 is 31.9 Å². The summed E-state index contributed by atoms with van der Waals surface area (Å²) in [5, 5.41) is 10.6. The van der Waals surface area contributed by atoms with Gasteiger partial charge in [-0.15, -0.1) is 0 Å². The molecule has 10 N–H and O–H groups in total. The average Bonchev–Trinajstić information content (AvgIpc) is 1.61. The van der Waals surface area contributed by atoms with Crippen molar-refractivity contribution < 1.29 is 50.3 Å². The molecule has 0 fully saturated rings. The second kappa shape index (κ2) is 13.2. The standard InChI is InChI=1S/C2H6N4S2.2BrH.H2O/c3-1(4)7-8-2(5)6;;;/h(H3,3,4)(H3,5,6);2*1H;1H2. The van der Waals surface area contributed by atoms with Crippen LogP contribution in [0.5, 0.6) is 0 Å². The monoisotopic (exact) mass is 328 g/mol. The first-order valence-corrected chi connectivity index (χ1v) is 3.88. The first kappa shape index (κ1) is 22.6. The Morgan fingerprint density at radius 3 is 1.18 bits per heavy atom. The fraction of sp³-hybridized carbons (Fsp3) is 0. The van der Waals surface area contributed by atoms with Crippen molar-refractivity contribution in [3.63, 3.8) is 0 Å². The molecule has 0 atom stereocenters. The largest absolute Gasteiger partial charge is 1.00 e. The van der Waals surface area contributed by atoms with E-state index in [4.69, 9.17) is 22.3 Å². The van der Waals surface area contributed by atoms with Gasteiger partial charge in [-0.2, -0.15) is 0 Å². The molecule has 11 heavy (non-hydrogen) atoms. The summed E-state index contributed by atoms with van der Waals surface area (Å²) in [7, 11) is 2.28. The van der Waals surface area contributed by atoms with E-state index in [-0.39, 0.29) is 49.8 Å². The van der Waals surface area contributed by atoms with Crippen LogP contribution in [0.4, 0.5) is 0 Å². The summed E-state index contributed by atoms with van der Waals surface area (Å²) in [6.07, 6.45) is 0. The molecule has 0 aromatic heterocycles. The molecule has 9 heteroatoms. The van der Waals surface area contributed by atoms with Crippen LogP contribution >= 0.6 is 21.6 Å². The van der Waals surface area contributed by atoms with E-state index in [1.807, 2.05) is 0 Å². The molecule has 0 spiro atoms. The van der Waals surface area contributed by atoms with E-state index in [0.29, 0.717) is 0 Å². The van der Waals surface area contributed by atoms with Gasteiger partial charge in [-0.1, -0.05) is 0 Å². The molecule has 0 saturated heterocycles. The van der Waals surface area contributed by atoms with Crippen molar-refractivity contribution in [2.75, 3.05) is 0 Å². The first-order chi connectivity index (χ1) is 3.63. The summed E-state index contributed by atoms with van der Waals surface area (Å²) >= 11 is 0. The Labute approximate surface area is 93.3 Å². The second-order valence-corrected chi connectivity index (χ2v) is 3.25. The van der Waals surface area contributed by atoms with Gasteiger partial charge in [0.25, 0.3) is 0 Å². The molecule has 0 bridgehead atoms. The van der Waals surface area contributed by atoms with E-state index < -0.39 is 0 Å². The Bertz CT molecular complexity index is 109. The van der Waals surface area contributed by atoms with Crippen LogP contribution in [0.1, 0.15) is 0 Å². The van der Waals surface area contributed by atoms with E-state index >= 15 is 0 Å². The summed E-state index contributed by atoms with van der Waals surface area (Å²) in [4.78, 5) is 0. The topological polar surface area (TPSA) is 135 Å². The normalized spacial score (nSPS) is 6.18. The number of amidine groups is 2. The quantitative estimate of drug-likeness (QED) is 0.199. The highest BCUT2D eigenvalue weighted by atomic mass is 79.9. The molecule has 0 unspecified atom stereocenters. The van der Waals surface area contributed by atoms with Crippen molar-refractivity contribution in [3.8, 4) is 0 Å². The van der Waals surface area contributed by atoms with E-state index in [0.717, 1.165) is 21.6 Å². The van der Waals surface area contributed by atoms with Gasteiger partial charge in [0.1, 0.15) is 0 Å². The lowest BCUT2D eigenvalue weighted by atomic mass is 11.4. The van der Waals surface area contributed by atoms with Gasteiger partial charge in [0.2, 0.25) is 0 Å². The van der Waals surface area contributed by atoms with Crippen LogP contribution in [-0.2, 0) is 0 Å². The third kappa shape index (κ3) is 25.0. The van der Waals surface area contributed by atoms with Crippen LogP contribution in [0, 0.1) is 0 Å².